The Bertz CT molecular complexity index is 375. The molecular weight excluding hydrogens is 226 g/mol. The highest BCUT2D eigenvalue weighted by Crippen LogP contribution is 2.21. The second-order valence-electron chi connectivity index (χ2n) is 5.70. The molecule has 0 aromatic carbocycles. The second kappa shape index (κ2) is 5.85. The predicted octanol–water partition coefficient (Wildman–Crippen LogP) is 2.32. The largest absolute Gasteiger partial charge is 0.380 e. The molecule has 102 valence electrons. The Hall–Kier alpha value is -0.870. The van der Waals surface area contributed by atoms with Gasteiger partial charge >= 0.3 is 0 Å². The first-order chi connectivity index (χ1) is 8.60. The lowest BCUT2D eigenvalue weighted by Crippen LogP contribution is -2.43. The van der Waals surface area contributed by atoms with E-state index < -0.39 is 0 Å². The van der Waals surface area contributed by atoms with E-state index >= 15 is 0 Å². The summed E-state index contributed by atoms with van der Waals surface area (Å²) in [4.78, 5) is 2.47. The predicted molar refractivity (Wildman–Crippen MR) is 72.5 cm³/mol. The van der Waals surface area contributed by atoms with Crippen molar-refractivity contribution in [3.8, 4) is 0 Å². The molecule has 0 radical (unpaired) electrons. The summed E-state index contributed by atoms with van der Waals surface area (Å²) in [7, 11) is 1.82. The molecule has 1 fully saturated rings. The molecule has 1 aromatic rings. The van der Waals surface area contributed by atoms with Crippen molar-refractivity contribution < 1.29 is 4.74 Å². The highest BCUT2D eigenvalue weighted by molar-refractivity contribution is 5.04. The Labute approximate surface area is 110 Å². The number of likely N-dealkylation sites (tertiary alicyclic amines) is 1. The van der Waals surface area contributed by atoms with Crippen LogP contribution in [-0.4, -0.2) is 41.0 Å². The number of methoxy groups -OCH3 is 1. The lowest BCUT2D eigenvalue weighted by Gasteiger charge is -2.35. The minimum atomic E-state index is 0.374. The van der Waals surface area contributed by atoms with Gasteiger partial charge in [0, 0.05) is 38.0 Å². The molecule has 4 nitrogen and oxygen atoms in total. The van der Waals surface area contributed by atoms with Gasteiger partial charge in [0.05, 0.1) is 12.3 Å². The van der Waals surface area contributed by atoms with Crippen LogP contribution in [-0.2, 0) is 11.3 Å². The molecule has 0 N–H and O–H groups in total. The maximum absolute atomic E-state index is 5.55. The van der Waals surface area contributed by atoms with Crippen LogP contribution in [0.1, 0.15) is 38.8 Å². The normalized spacial score (nSPS) is 25.8. The Kier molecular flexibility index (Phi) is 4.40. The van der Waals surface area contributed by atoms with Gasteiger partial charge in [0.25, 0.3) is 0 Å². The smallest absolute Gasteiger partial charge is 0.0724 e. The van der Waals surface area contributed by atoms with Gasteiger partial charge in [-0.05, 0) is 32.7 Å². The van der Waals surface area contributed by atoms with E-state index in [9.17, 15) is 0 Å². The van der Waals surface area contributed by atoms with Crippen LogP contribution in [0.2, 0.25) is 0 Å². The van der Waals surface area contributed by atoms with Gasteiger partial charge in [0.2, 0.25) is 0 Å². The highest BCUT2D eigenvalue weighted by atomic mass is 16.5. The highest BCUT2D eigenvalue weighted by Gasteiger charge is 2.26. The van der Waals surface area contributed by atoms with Crippen molar-refractivity contribution in [2.75, 3.05) is 20.2 Å². The lowest BCUT2D eigenvalue weighted by molar-refractivity contribution is -0.00745. The molecule has 4 heteroatoms. The van der Waals surface area contributed by atoms with Crippen molar-refractivity contribution in [1.82, 2.24) is 14.7 Å². The van der Waals surface area contributed by atoms with Gasteiger partial charge in [-0.2, -0.15) is 5.10 Å². The van der Waals surface area contributed by atoms with Crippen molar-refractivity contribution in [2.24, 2.45) is 5.92 Å². The molecule has 0 unspecified atom stereocenters. The van der Waals surface area contributed by atoms with Crippen LogP contribution in [0.3, 0.4) is 0 Å². The molecule has 1 aliphatic rings. The zero-order chi connectivity index (χ0) is 13.1. The molecule has 2 heterocycles. The third kappa shape index (κ3) is 3.12. The monoisotopic (exact) mass is 251 g/mol. The standard InChI is InChI=1S/C14H25N3O/c1-11(2)17-9-13(7-15-17)8-16-6-5-12(3)14(10-16)18-4/h7,9,11-12,14H,5-6,8,10H2,1-4H3/t12-,14+/m0/s1. The number of hydrogen-bond donors (Lipinski definition) is 0. The summed E-state index contributed by atoms with van der Waals surface area (Å²) >= 11 is 0. The van der Waals surface area contributed by atoms with E-state index in [1.807, 2.05) is 18.0 Å². The summed E-state index contributed by atoms with van der Waals surface area (Å²) in [5.74, 6) is 0.671. The minimum absolute atomic E-state index is 0.374. The Morgan fingerprint density at radius 1 is 1.50 bits per heavy atom. The molecule has 0 saturated carbocycles. The summed E-state index contributed by atoms with van der Waals surface area (Å²) < 4.78 is 7.58. The zero-order valence-electron chi connectivity index (χ0n) is 12.0. The average molecular weight is 251 g/mol. The fourth-order valence-corrected chi connectivity index (χ4v) is 2.55. The number of hydrogen-bond acceptors (Lipinski definition) is 3. The first-order valence-corrected chi connectivity index (χ1v) is 6.88. The average Bonchev–Trinajstić information content (AvgIpc) is 2.80. The molecule has 2 rings (SSSR count). The maximum atomic E-state index is 5.55. The first kappa shape index (κ1) is 13.6. The molecule has 2 atom stereocenters. The maximum Gasteiger partial charge on any atom is 0.0724 e. The van der Waals surface area contributed by atoms with Crippen molar-refractivity contribution in [3.63, 3.8) is 0 Å². The molecule has 18 heavy (non-hydrogen) atoms. The van der Waals surface area contributed by atoms with E-state index in [2.05, 4.69) is 37.0 Å². The van der Waals surface area contributed by atoms with Gasteiger partial charge in [0.15, 0.2) is 0 Å². The number of piperidine rings is 1. The minimum Gasteiger partial charge on any atom is -0.380 e. The van der Waals surface area contributed by atoms with Crippen LogP contribution in [0.5, 0.6) is 0 Å². The molecule has 0 spiro atoms. The molecule has 1 aliphatic heterocycles. The van der Waals surface area contributed by atoms with Gasteiger partial charge in [-0.1, -0.05) is 6.92 Å². The SMILES string of the molecule is CO[C@@H]1CN(Cc2cnn(C(C)C)c2)CC[C@@H]1C. The van der Waals surface area contributed by atoms with Crippen molar-refractivity contribution in [2.45, 2.75) is 45.9 Å². The van der Waals surface area contributed by atoms with Crippen LogP contribution in [0.15, 0.2) is 12.4 Å². The number of ether oxygens (including phenoxy) is 1. The van der Waals surface area contributed by atoms with E-state index in [1.54, 1.807) is 0 Å². The number of nitrogens with zero attached hydrogens (tertiary/aromatic N) is 3. The van der Waals surface area contributed by atoms with Crippen LogP contribution < -0.4 is 0 Å². The Morgan fingerprint density at radius 3 is 2.89 bits per heavy atom. The van der Waals surface area contributed by atoms with Crippen LogP contribution in [0, 0.1) is 5.92 Å². The van der Waals surface area contributed by atoms with E-state index in [0.29, 0.717) is 18.1 Å². The molecule has 1 aromatic heterocycles. The molecule has 0 amide bonds. The molecule has 1 saturated heterocycles. The molecule has 0 aliphatic carbocycles. The summed E-state index contributed by atoms with van der Waals surface area (Å²) in [5.41, 5.74) is 1.30. The Balaban J connectivity index is 1.92. The third-order valence-electron chi connectivity index (χ3n) is 3.87. The fourth-order valence-electron chi connectivity index (χ4n) is 2.55. The number of rotatable bonds is 4. The summed E-state index contributed by atoms with van der Waals surface area (Å²) in [6.07, 6.45) is 5.74. The van der Waals surface area contributed by atoms with E-state index in [4.69, 9.17) is 4.74 Å². The van der Waals surface area contributed by atoms with Gasteiger partial charge in [-0.15, -0.1) is 0 Å². The quantitative estimate of drug-likeness (QED) is 0.822. The second-order valence-corrected chi connectivity index (χ2v) is 5.70. The fraction of sp³-hybridized carbons (Fsp3) is 0.786. The van der Waals surface area contributed by atoms with Crippen molar-refractivity contribution >= 4 is 0 Å². The van der Waals surface area contributed by atoms with Gasteiger partial charge in [-0.3, -0.25) is 9.58 Å². The molecule has 0 bridgehead atoms. The van der Waals surface area contributed by atoms with Crippen molar-refractivity contribution in [3.05, 3.63) is 18.0 Å². The van der Waals surface area contributed by atoms with Crippen molar-refractivity contribution in [1.29, 1.82) is 0 Å². The first-order valence-electron chi connectivity index (χ1n) is 6.88. The lowest BCUT2D eigenvalue weighted by atomic mass is 9.95. The topological polar surface area (TPSA) is 30.3 Å². The van der Waals surface area contributed by atoms with Gasteiger partial charge in [0.1, 0.15) is 0 Å². The summed E-state index contributed by atoms with van der Waals surface area (Å²) in [6.45, 7) is 9.76. The van der Waals surface area contributed by atoms with E-state index in [1.165, 1.54) is 12.0 Å². The summed E-state index contributed by atoms with van der Waals surface area (Å²) in [6, 6.07) is 0.437. The summed E-state index contributed by atoms with van der Waals surface area (Å²) in [5, 5.41) is 4.39. The number of aromatic nitrogens is 2. The molecular formula is C14H25N3O. The van der Waals surface area contributed by atoms with Crippen LogP contribution in [0.4, 0.5) is 0 Å². The van der Waals surface area contributed by atoms with Crippen LogP contribution >= 0.6 is 0 Å². The Morgan fingerprint density at radius 2 is 2.28 bits per heavy atom. The van der Waals surface area contributed by atoms with E-state index in [-0.39, 0.29) is 0 Å². The van der Waals surface area contributed by atoms with Gasteiger partial charge < -0.3 is 4.74 Å². The van der Waals surface area contributed by atoms with Gasteiger partial charge in [-0.25, -0.2) is 0 Å². The van der Waals surface area contributed by atoms with E-state index in [0.717, 1.165) is 19.6 Å². The third-order valence-corrected chi connectivity index (χ3v) is 3.87. The zero-order valence-corrected chi connectivity index (χ0v) is 12.0. The van der Waals surface area contributed by atoms with Crippen LogP contribution in [0.25, 0.3) is 0 Å².